The van der Waals surface area contributed by atoms with Crippen LogP contribution in [0.2, 0.25) is 5.02 Å². The summed E-state index contributed by atoms with van der Waals surface area (Å²) < 4.78 is 36.4. The molecule has 0 atom stereocenters. The van der Waals surface area contributed by atoms with Crippen LogP contribution in [0.3, 0.4) is 0 Å². The fraction of sp³-hybridized carbons (Fsp3) is 0.133. The molecule has 4 nitrogen and oxygen atoms in total. The Hall–Kier alpha value is -2.34. The van der Waals surface area contributed by atoms with Gasteiger partial charge in [-0.1, -0.05) is 11.6 Å². The molecule has 7 heteroatoms. The first-order valence-corrected chi connectivity index (χ1v) is 6.51. The Morgan fingerprint density at radius 1 is 1.00 bits per heavy atom. The van der Waals surface area contributed by atoms with Crippen molar-refractivity contribution in [1.29, 1.82) is 0 Å². The molecule has 2 aromatic carbocycles. The smallest absolute Gasteiger partial charge is 0.257 e. The molecule has 1 N–H and O–H groups in total. The number of benzene rings is 2. The highest BCUT2D eigenvalue weighted by Gasteiger charge is 2.16. The molecule has 0 saturated heterocycles. The third kappa shape index (κ3) is 3.46. The molecule has 0 aliphatic rings. The van der Waals surface area contributed by atoms with E-state index < -0.39 is 17.5 Å². The van der Waals surface area contributed by atoms with E-state index in [1.54, 1.807) is 18.2 Å². The van der Waals surface area contributed by atoms with E-state index in [4.69, 9.17) is 21.1 Å². The molecule has 116 valence electrons. The summed E-state index contributed by atoms with van der Waals surface area (Å²) >= 11 is 5.76. The van der Waals surface area contributed by atoms with Crippen molar-refractivity contribution >= 4 is 23.2 Å². The molecule has 0 heterocycles. The fourth-order valence-electron chi connectivity index (χ4n) is 1.77. The lowest BCUT2D eigenvalue weighted by Gasteiger charge is -2.11. The standard InChI is InChI=1S/C15H12ClF2NO3/c1-21-9-3-8(4-10(5-9)22-2)19-15(20)11-6-13(17)14(18)7-12(11)16/h3-7H,1-2H3,(H,19,20). The number of ether oxygens (including phenoxy) is 2. The van der Waals surface area contributed by atoms with Crippen molar-refractivity contribution in [2.45, 2.75) is 0 Å². The highest BCUT2D eigenvalue weighted by molar-refractivity contribution is 6.34. The zero-order valence-corrected chi connectivity index (χ0v) is 12.5. The SMILES string of the molecule is COc1cc(NC(=O)c2cc(F)c(F)cc2Cl)cc(OC)c1. The predicted octanol–water partition coefficient (Wildman–Crippen LogP) is 3.89. The first-order valence-electron chi connectivity index (χ1n) is 6.13. The van der Waals surface area contributed by atoms with E-state index in [2.05, 4.69) is 5.32 Å². The van der Waals surface area contributed by atoms with Crippen LogP contribution in [0.25, 0.3) is 0 Å². The van der Waals surface area contributed by atoms with Gasteiger partial charge in [-0.05, 0) is 12.1 Å². The quantitative estimate of drug-likeness (QED) is 0.867. The van der Waals surface area contributed by atoms with Crippen molar-refractivity contribution < 1.29 is 23.0 Å². The van der Waals surface area contributed by atoms with E-state index in [9.17, 15) is 13.6 Å². The minimum Gasteiger partial charge on any atom is -0.497 e. The van der Waals surface area contributed by atoms with E-state index in [1.165, 1.54) is 14.2 Å². The molecule has 0 unspecified atom stereocenters. The molecule has 22 heavy (non-hydrogen) atoms. The lowest BCUT2D eigenvalue weighted by molar-refractivity contribution is 0.102. The van der Waals surface area contributed by atoms with Crippen LogP contribution in [0.5, 0.6) is 11.5 Å². The van der Waals surface area contributed by atoms with Gasteiger partial charge in [0.05, 0.1) is 24.8 Å². The van der Waals surface area contributed by atoms with Gasteiger partial charge in [-0.25, -0.2) is 8.78 Å². The summed E-state index contributed by atoms with van der Waals surface area (Å²) in [5.41, 5.74) is 0.185. The van der Waals surface area contributed by atoms with Crippen molar-refractivity contribution in [3.8, 4) is 11.5 Å². The van der Waals surface area contributed by atoms with Gasteiger partial charge in [-0.2, -0.15) is 0 Å². The van der Waals surface area contributed by atoms with Crippen molar-refractivity contribution in [3.05, 3.63) is 52.6 Å². The molecule has 0 radical (unpaired) electrons. The van der Waals surface area contributed by atoms with Gasteiger partial charge >= 0.3 is 0 Å². The van der Waals surface area contributed by atoms with Crippen LogP contribution in [0, 0.1) is 11.6 Å². The largest absolute Gasteiger partial charge is 0.497 e. The Kier molecular flexibility index (Phi) is 4.82. The maximum absolute atomic E-state index is 13.2. The minimum absolute atomic E-state index is 0.178. The van der Waals surface area contributed by atoms with Crippen molar-refractivity contribution in [1.82, 2.24) is 0 Å². The number of nitrogens with one attached hydrogen (secondary N) is 1. The fourth-order valence-corrected chi connectivity index (χ4v) is 2.01. The van der Waals surface area contributed by atoms with Crippen LogP contribution < -0.4 is 14.8 Å². The number of methoxy groups -OCH3 is 2. The normalized spacial score (nSPS) is 10.2. The molecule has 0 fully saturated rings. The Morgan fingerprint density at radius 2 is 1.55 bits per heavy atom. The zero-order chi connectivity index (χ0) is 16.3. The molecule has 0 aliphatic heterocycles. The van der Waals surface area contributed by atoms with Crippen molar-refractivity contribution in [3.63, 3.8) is 0 Å². The van der Waals surface area contributed by atoms with E-state index in [-0.39, 0.29) is 10.6 Å². The number of rotatable bonds is 4. The number of anilines is 1. The molecule has 0 bridgehead atoms. The highest BCUT2D eigenvalue weighted by atomic mass is 35.5. The van der Waals surface area contributed by atoms with Gasteiger partial charge in [0.1, 0.15) is 11.5 Å². The second-order valence-corrected chi connectivity index (χ2v) is 4.71. The average molecular weight is 328 g/mol. The summed E-state index contributed by atoms with van der Waals surface area (Å²) in [4.78, 5) is 12.1. The Balaban J connectivity index is 2.31. The number of amides is 1. The molecular formula is C15H12ClF2NO3. The predicted molar refractivity (Wildman–Crippen MR) is 78.9 cm³/mol. The number of halogens is 3. The van der Waals surface area contributed by atoms with Crippen LogP contribution in [0.1, 0.15) is 10.4 Å². The van der Waals surface area contributed by atoms with E-state index >= 15 is 0 Å². The van der Waals surface area contributed by atoms with Gasteiger partial charge < -0.3 is 14.8 Å². The molecule has 0 aromatic heterocycles. The Bertz CT molecular complexity index is 700. The third-order valence-electron chi connectivity index (χ3n) is 2.86. The number of carbonyl (C=O) groups is 1. The molecule has 0 aliphatic carbocycles. The van der Waals surface area contributed by atoms with Gasteiger partial charge in [-0.3, -0.25) is 4.79 Å². The average Bonchev–Trinajstić information content (AvgIpc) is 2.50. The van der Waals surface area contributed by atoms with Gasteiger partial charge in [0.25, 0.3) is 5.91 Å². The van der Waals surface area contributed by atoms with Gasteiger partial charge in [0, 0.05) is 23.9 Å². The van der Waals surface area contributed by atoms with Crippen LogP contribution >= 0.6 is 11.6 Å². The summed E-state index contributed by atoms with van der Waals surface area (Å²) in [6, 6.07) is 6.21. The van der Waals surface area contributed by atoms with E-state index in [0.29, 0.717) is 17.2 Å². The lowest BCUT2D eigenvalue weighted by Crippen LogP contribution is -2.13. The first kappa shape index (κ1) is 16.0. The van der Waals surface area contributed by atoms with Crippen molar-refractivity contribution in [2.75, 3.05) is 19.5 Å². The summed E-state index contributed by atoms with van der Waals surface area (Å²) in [6.07, 6.45) is 0. The minimum atomic E-state index is -1.15. The Labute approximate surface area is 130 Å². The van der Waals surface area contributed by atoms with E-state index in [0.717, 1.165) is 12.1 Å². The monoisotopic (exact) mass is 327 g/mol. The Morgan fingerprint density at radius 3 is 2.09 bits per heavy atom. The molecule has 2 aromatic rings. The maximum atomic E-state index is 13.2. The highest BCUT2D eigenvalue weighted by Crippen LogP contribution is 2.27. The third-order valence-corrected chi connectivity index (χ3v) is 3.18. The lowest BCUT2D eigenvalue weighted by atomic mass is 10.2. The van der Waals surface area contributed by atoms with Crippen LogP contribution in [0.4, 0.5) is 14.5 Å². The summed E-state index contributed by atoms with van der Waals surface area (Å²) in [7, 11) is 2.93. The van der Waals surface area contributed by atoms with Crippen LogP contribution in [-0.2, 0) is 0 Å². The molecule has 2 rings (SSSR count). The summed E-state index contributed by atoms with van der Waals surface area (Å²) in [5.74, 6) is -2.03. The van der Waals surface area contributed by atoms with Gasteiger partial charge in [-0.15, -0.1) is 0 Å². The second kappa shape index (κ2) is 6.62. The van der Waals surface area contributed by atoms with Crippen molar-refractivity contribution in [2.24, 2.45) is 0 Å². The maximum Gasteiger partial charge on any atom is 0.257 e. The van der Waals surface area contributed by atoms with E-state index in [1.807, 2.05) is 0 Å². The first-order chi connectivity index (χ1) is 10.4. The summed E-state index contributed by atoms with van der Waals surface area (Å²) in [6.45, 7) is 0. The zero-order valence-electron chi connectivity index (χ0n) is 11.7. The second-order valence-electron chi connectivity index (χ2n) is 4.30. The summed E-state index contributed by atoms with van der Waals surface area (Å²) in [5, 5.41) is 2.33. The molecule has 0 saturated carbocycles. The van der Waals surface area contributed by atoms with Gasteiger partial charge in [0.2, 0.25) is 0 Å². The molecule has 1 amide bonds. The van der Waals surface area contributed by atoms with Crippen LogP contribution in [0.15, 0.2) is 30.3 Å². The molecule has 0 spiro atoms. The molecular weight excluding hydrogens is 316 g/mol. The van der Waals surface area contributed by atoms with Crippen LogP contribution in [-0.4, -0.2) is 20.1 Å². The number of hydrogen-bond donors (Lipinski definition) is 1. The van der Waals surface area contributed by atoms with Gasteiger partial charge in [0.15, 0.2) is 11.6 Å². The topological polar surface area (TPSA) is 47.6 Å². The number of hydrogen-bond acceptors (Lipinski definition) is 3. The number of carbonyl (C=O) groups excluding carboxylic acids is 1.